The van der Waals surface area contributed by atoms with Gasteiger partial charge >= 0.3 is 0 Å². The number of nitrogens with zero attached hydrogens (tertiary/aromatic N) is 1. The molecule has 1 unspecified atom stereocenters. The second kappa shape index (κ2) is 7.41. The van der Waals surface area contributed by atoms with Gasteiger partial charge in [-0.3, -0.25) is 4.79 Å². The number of halogens is 2. The van der Waals surface area contributed by atoms with Crippen molar-refractivity contribution in [1.29, 1.82) is 5.26 Å². The van der Waals surface area contributed by atoms with Crippen LogP contribution in [0.25, 0.3) is 0 Å². The number of nitrogens with one attached hydrogen (secondary N) is 1. The van der Waals surface area contributed by atoms with Crippen LogP contribution in [-0.2, 0) is 9.78 Å². The summed E-state index contributed by atoms with van der Waals surface area (Å²) in [7, 11) is 0. The van der Waals surface area contributed by atoms with Crippen LogP contribution in [0, 0.1) is 23.0 Å². The van der Waals surface area contributed by atoms with Crippen LogP contribution in [0.3, 0.4) is 0 Å². The predicted octanol–water partition coefficient (Wildman–Crippen LogP) is 1.55. The minimum atomic E-state index is -0.981. The molecular formula is C12H12F2N2O3. The van der Waals surface area contributed by atoms with Gasteiger partial charge in [0.25, 0.3) is 5.91 Å². The molecule has 0 saturated heterocycles. The third-order valence-electron chi connectivity index (χ3n) is 2.02. The summed E-state index contributed by atoms with van der Waals surface area (Å²) in [5.74, 6) is -2.52. The first-order chi connectivity index (χ1) is 9.06. The first kappa shape index (κ1) is 15.0. The van der Waals surface area contributed by atoms with Crippen molar-refractivity contribution < 1.29 is 23.4 Å². The van der Waals surface area contributed by atoms with E-state index in [1.807, 2.05) is 0 Å². The lowest BCUT2D eigenvalue weighted by molar-refractivity contribution is -0.292. The molecule has 0 spiro atoms. The summed E-state index contributed by atoms with van der Waals surface area (Å²) in [6.45, 7) is 1.80. The predicted molar refractivity (Wildman–Crippen MR) is 60.8 cm³/mol. The molecule has 7 heteroatoms. The van der Waals surface area contributed by atoms with Gasteiger partial charge in [-0.05, 0) is 19.1 Å². The maximum atomic E-state index is 12.9. The Labute approximate surface area is 108 Å². The summed E-state index contributed by atoms with van der Waals surface area (Å²) in [6.07, 6.45) is 0. The van der Waals surface area contributed by atoms with Gasteiger partial charge in [-0.1, -0.05) is 0 Å². The monoisotopic (exact) mass is 270 g/mol. The highest BCUT2D eigenvalue weighted by molar-refractivity contribution is 5.94. The van der Waals surface area contributed by atoms with Gasteiger partial charge in [0.2, 0.25) is 0 Å². The zero-order valence-corrected chi connectivity index (χ0v) is 10.2. The van der Waals surface area contributed by atoms with Gasteiger partial charge in [0, 0.05) is 11.6 Å². The topological polar surface area (TPSA) is 71.3 Å². The van der Waals surface area contributed by atoms with Gasteiger partial charge in [0.1, 0.15) is 24.3 Å². The Bertz CT molecular complexity index is 468. The fourth-order valence-electron chi connectivity index (χ4n) is 1.24. The number of hydrogen-bond acceptors (Lipinski definition) is 4. The van der Waals surface area contributed by atoms with Gasteiger partial charge in [-0.15, -0.1) is 0 Å². The maximum absolute atomic E-state index is 12.9. The van der Waals surface area contributed by atoms with E-state index in [4.69, 9.17) is 5.26 Å². The molecule has 0 aromatic heterocycles. The van der Waals surface area contributed by atoms with Crippen molar-refractivity contribution in [3.05, 3.63) is 35.4 Å². The maximum Gasteiger partial charge on any atom is 0.252 e. The lowest BCUT2D eigenvalue weighted by atomic mass is 10.2. The quantitative estimate of drug-likeness (QED) is 0.483. The molecular weight excluding hydrogens is 258 g/mol. The minimum absolute atomic E-state index is 0.187. The summed E-state index contributed by atoms with van der Waals surface area (Å²) in [4.78, 5) is 20.9. The standard InChI is InChI=1S/C12H12F2N2O3/c1-2-18-19-7-11(6-15)16-12(17)8-3-9(13)5-10(14)4-8/h3-5,11H,2,7H2,1H3,(H,16,17). The van der Waals surface area contributed by atoms with Crippen molar-refractivity contribution in [2.45, 2.75) is 13.0 Å². The zero-order chi connectivity index (χ0) is 14.3. The normalized spacial score (nSPS) is 11.7. The average Bonchev–Trinajstić information content (AvgIpc) is 2.36. The molecule has 0 heterocycles. The Hall–Kier alpha value is -2.04. The lowest BCUT2D eigenvalue weighted by Crippen LogP contribution is -2.37. The zero-order valence-electron chi connectivity index (χ0n) is 10.2. The molecule has 102 valence electrons. The molecule has 0 fully saturated rings. The number of nitriles is 1. The molecule has 1 aromatic rings. The molecule has 1 rings (SSSR count). The Morgan fingerprint density at radius 2 is 2.00 bits per heavy atom. The van der Waals surface area contributed by atoms with E-state index in [1.54, 1.807) is 13.0 Å². The molecule has 1 amide bonds. The second-order valence-corrected chi connectivity index (χ2v) is 3.50. The third-order valence-corrected chi connectivity index (χ3v) is 2.02. The van der Waals surface area contributed by atoms with E-state index in [9.17, 15) is 13.6 Å². The molecule has 0 radical (unpaired) electrons. The number of amides is 1. The Balaban J connectivity index is 2.64. The highest BCUT2D eigenvalue weighted by Gasteiger charge is 2.15. The number of rotatable bonds is 6. The molecule has 1 aromatic carbocycles. The van der Waals surface area contributed by atoms with Gasteiger partial charge in [-0.2, -0.15) is 5.26 Å². The smallest absolute Gasteiger partial charge is 0.252 e. The van der Waals surface area contributed by atoms with Gasteiger partial charge in [-0.25, -0.2) is 18.6 Å². The van der Waals surface area contributed by atoms with Crippen molar-refractivity contribution in [3.63, 3.8) is 0 Å². The van der Waals surface area contributed by atoms with Crippen LogP contribution in [0.1, 0.15) is 17.3 Å². The summed E-state index contributed by atoms with van der Waals surface area (Å²) in [5.41, 5.74) is -0.214. The number of carbonyl (C=O) groups excluding carboxylic acids is 1. The number of benzene rings is 1. The first-order valence-electron chi connectivity index (χ1n) is 5.47. The van der Waals surface area contributed by atoms with Crippen LogP contribution < -0.4 is 5.32 Å². The van der Waals surface area contributed by atoms with E-state index >= 15 is 0 Å². The average molecular weight is 270 g/mol. The Morgan fingerprint density at radius 1 is 1.37 bits per heavy atom. The second-order valence-electron chi connectivity index (χ2n) is 3.50. The van der Waals surface area contributed by atoms with E-state index in [1.165, 1.54) is 0 Å². The molecule has 5 nitrogen and oxygen atoms in total. The van der Waals surface area contributed by atoms with Crippen LogP contribution in [-0.4, -0.2) is 25.2 Å². The van der Waals surface area contributed by atoms with Crippen molar-refractivity contribution in [1.82, 2.24) is 5.32 Å². The van der Waals surface area contributed by atoms with Crippen molar-refractivity contribution in [3.8, 4) is 6.07 Å². The number of carbonyl (C=O) groups is 1. The largest absolute Gasteiger partial charge is 0.334 e. The highest BCUT2D eigenvalue weighted by atomic mass is 19.1. The minimum Gasteiger partial charge on any atom is -0.334 e. The van der Waals surface area contributed by atoms with E-state index < -0.39 is 23.6 Å². The van der Waals surface area contributed by atoms with E-state index in [0.717, 1.165) is 12.1 Å². The molecule has 0 aliphatic rings. The molecule has 0 saturated carbocycles. The molecule has 0 aliphatic carbocycles. The van der Waals surface area contributed by atoms with Crippen LogP contribution in [0.15, 0.2) is 18.2 Å². The summed E-state index contributed by atoms with van der Waals surface area (Å²) in [6, 6.07) is 3.18. The fraction of sp³-hybridized carbons (Fsp3) is 0.333. The molecule has 0 aliphatic heterocycles. The van der Waals surface area contributed by atoms with Crippen LogP contribution >= 0.6 is 0 Å². The van der Waals surface area contributed by atoms with E-state index in [2.05, 4.69) is 15.1 Å². The van der Waals surface area contributed by atoms with Crippen molar-refractivity contribution >= 4 is 5.91 Å². The van der Waals surface area contributed by atoms with Crippen molar-refractivity contribution in [2.75, 3.05) is 13.2 Å². The SMILES string of the molecule is CCOOCC(C#N)NC(=O)c1cc(F)cc(F)c1. The van der Waals surface area contributed by atoms with Gasteiger partial charge in [0.05, 0.1) is 12.7 Å². The summed E-state index contributed by atoms with van der Waals surface area (Å²) < 4.78 is 25.9. The first-order valence-corrected chi connectivity index (χ1v) is 5.47. The summed E-state index contributed by atoms with van der Waals surface area (Å²) in [5, 5.41) is 11.0. The highest BCUT2D eigenvalue weighted by Crippen LogP contribution is 2.08. The third kappa shape index (κ3) is 4.99. The molecule has 0 bridgehead atoms. The van der Waals surface area contributed by atoms with Gasteiger partial charge < -0.3 is 5.32 Å². The summed E-state index contributed by atoms with van der Waals surface area (Å²) >= 11 is 0. The molecule has 1 atom stereocenters. The molecule has 1 N–H and O–H groups in total. The van der Waals surface area contributed by atoms with Crippen LogP contribution in [0.2, 0.25) is 0 Å². The molecule has 19 heavy (non-hydrogen) atoms. The fourth-order valence-corrected chi connectivity index (χ4v) is 1.24. The van der Waals surface area contributed by atoms with Crippen LogP contribution in [0.5, 0.6) is 0 Å². The van der Waals surface area contributed by atoms with E-state index in [-0.39, 0.29) is 12.2 Å². The number of hydrogen-bond donors (Lipinski definition) is 1. The van der Waals surface area contributed by atoms with Gasteiger partial charge in [0.15, 0.2) is 0 Å². The van der Waals surface area contributed by atoms with Crippen molar-refractivity contribution in [2.24, 2.45) is 0 Å². The lowest BCUT2D eigenvalue weighted by Gasteiger charge is -2.11. The Kier molecular flexibility index (Phi) is 5.85. The Morgan fingerprint density at radius 3 is 2.53 bits per heavy atom. The van der Waals surface area contributed by atoms with E-state index in [0.29, 0.717) is 12.7 Å². The van der Waals surface area contributed by atoms with Crippen LogP contribution in [0.4, 0.5) is 8.78 Å².